The van der Waals surface area contributed by atoms with Gasteiger partial charge in [0.15, 0.2) is 0 Å². The van der Waals surface area contributed by atoms with Crippen molar-refractivity contribution in [3.63, 3.8) is 0 Å². The average Bonchev–Trinajstić information content (AvgIpc) is 2.46. The third-order valence-corrected chi connectivity index (χ3v) is 4.78. The smallest absolute Gasteiger partial charge is 0.387 e. The summed E-state index contributed by atoms with van der Waals surface area (Å²) in [5.74, 6) is -0.105. The van der Waals surface area contributed by atoms with Crippen molar-refractivity contribution in [2.75, 3.05) is 11.3 Å². The molecule has 0 unspecified atom stereocenters. The van der Waals surface area contributed by atoms with Crippen molar-refractivity contribution in [1.82, 2.24) is 0 Å². The Kier molecular flexibility index (Phi) is 5.74. The molecule has 0 amide bonds. The molecule has 130 valence electrons. The number of nitrogens with one attached hydrogen (secondary N) is 1. The van der Waals surface area contributed by atoms with E-state index in [0.717, 1.165) is 5.56 Å². The number of hydrogen-bond donors (Lipinski definition) is 2. The fraction of sp³-hybridized carbons (Fsp3) is 0.250. The maximum atomic E-state index is 12.5. The third kappa shape index (κ3) is 4.65. The van der Waals surface area contributed by atoms with Crippen molar-refractivity contribution in [2.45, 2.75) is 24.9 Å². The van der Waals surface area contributed by atoms with Gasteiger partial charge in [-0.15, -0.1) is 0 Å². The van der Waals surface area contributed by atoms with E-state index in [2.05, 4.69) is 9.46 Å². The van der Waals surface area contributed by atoms with Crippen LogP contribution in [0.15, 0.2) is 47.4 Å². The molecule has 0 aromatic heterocycles. The molecule has 2 rings (SSSR count). The molecule has 2 aromatic rings. The number of halogens is 2. The van der Waals surface area contributed by atoms with Crippen LogP contribution in [0.3, 0.4) is 0 Å². The first-order valence-corrected chi connectivity index (χ1v) is 8.58. The fourth-order valence-corrected chi connectivity index (χ4v) is 3.51. The number of hydrogen-bond acceptors (Lipinski definition) is 4. The van der Waals surface area contributed by atoms with Crippen molar-refractivity contribution in [3.8, 4) is 5.75 Å². The van der Waals surface area contributed by atoms with Gasteiger partial charge in [0.05, 0.1) is 4.90 Å². The Hall–Kier alpha value is -2.19. The van der Waals surface area contributed by atoms with Crippen molar-refractivity contribution < 1.29 is 27.0 Å². The molecule has 0 aliphatic heterocycles. The number of anilines is 1. The summed E-state index contributed by atoms with van der Waals surface area (Å²) < 4.78 is 56.0. The summed E-state index contributed by atoms with van der Waals surface area (Å²) in [5.41, 5.74) is 1.43. The van der Waals surface area contributed by atoms with E-state index >= 15 is 0 Å². The summed E-state index contributed by atoms with van der Waals surface area (Å²) >= 11 is 0. The molecule has 0 bridgehead atoms. The summed E-state index contributed by atoms with van der Waals surface area (Å²) in [6, 6.07) is 10.3. The van der Waals surface area contributed by atoms with E-state index in [-0.39, 0.29) is 22.8 Å². The summed E-state index contributed by atoms with van der Waals surface area (Å²) in [6.45, 7) is -1.52. The van der Waals surface area contributed by atoms with Crippen molar-refractivity contribution in [3.05, 3.63) is 53.6 Å². The first kappa shape index (κ1) is 18.2. The summed E-state index contributed by atoms with van der Waals surface area (Å²) in [5, 5.41) is 8.94. The van der Waals surface area contributed by atoms with Gasteiger partial charge < -0.3 is 9.84 Å². The summed E-state index contributed by atoms with van der Waals surface area (Å²) in [7, 11) is -3.88. The molecule has 5 nitrogen and oxygen atoms in total. The highest BCUT2D eigenvalue weighted by molar-refractivity contribution is 7.92. The Morgan fingerprint density at radius 2 is 1.96 bits per heavy atom. The molecule has 2 aromatic carbocycles. The molecule has 8 heteroatoms. The molecular formula is C16H17F2NO4S. The van der Waals surface area contributed by atoms with E-state index < -0.39 is 16.6 Å². The Balaban J connectivity index is 2.25. The zero-order chi connectivity index (χ0) is 17.7. The van der Waals surface area contributed by atoms with E-state index in [1.54, 1.807) is 24.3 Å². The monoisotopic (exact) mass is 357 g/mol. The van der Waals surface area contributed by atoms with Gasteiger partial charge in [0, 0.05) is 12.3 Å². The van der Waals surface area contributed by atoms with Gasteiger partial charge in [0.25, 0.3) is 10.0 Å². The Morgan fingerprint density at radius 1 is 1.21 bits per heavy atom. The van der Waals surface area contributed by atoms with Crippen LogP contribution in [0.4, 0.5) is 14.5 Å². The maximum absolute atomic E-state index is 12.5. The molecule has 0 fully saturated rings. The largest absolute Gasteiger partial charge is 0.435 e. The second kappa shape index (κ2) is 7.59. The van der Waals surface area contributed by atoms with Gasteiger partial charge in [0.2, 0.25) is 0 Å². The lowest BCUT2D eigenvalue weighted by Crippen LogP contribution is -2.14. The minimum absolute atomic E-state index is 0.0309. The molecule has 0 spiro atoms. The standard InChI is InChI=1S/C16H17F2NO4S/c1-11-9-14(23-16(17)18)5-6-15(11)24(21,22)19-13-4-2-3-12(10-13)7-8-20/h2-6,9-10,16,19-20H,7-8H2,1H3. The number of benzene rings is 2. The predicted octanol–water partition coefficient (Wildman–Crippen LogP) is 2.93. The van der Waals surface area contributed by atoms with Gasteiger partial charge in [-0.2, -0.15) is 8.78 Å². The molecule has 0 saturated heterocycles. The first-order valence-electron chi connectivity index (χ1n) is 7.10. The molecule has 0 aliphatic rings. The molecule has 24 heavy (non-hydrogen) atoms. The zero-order valence-electron chi connectivity index (χ0n) is 12.9. The Morgan fingerprint density at radius 3 is 2.58 bits per heavy atom. The highest BCUT2D eigenvalue weighted by Gasteiger charge is 2.18. The molecule has 0 saturated carbocycles. The Bertz CT molecular complexity index is 809. The second-order valence-electron chi connectivity index (χ2n) is 5.09. The number of rotatable bonds is 7. The van der Waals surface area contributed by atoms with E-state index in [1.807, 2.05) is 0 Å². The number of sulfonamides is 1. The molecule has 0 aliphatic carbocycles. The van der Waals surface area contributed by atoms with Crippen molar-refractivity contribution >= 4 is 15.7 Å². The van der Waals surface area contributed by atoms with Gasteiger partial charge in [-0.25, -0.2) is 8.42 Å². The highest BCUT2D eigenvalue weighted by Crippen LogP contribution is 2.24. The van der Waals surface area contributed by atoms with Crippen LogP contribution in [-0.2, 0) is 16.4 Å². The van der Waals surface area contributed by atoms with Gasteiger partial charge in [0.1, 0.15) is 5.75 Å². The van der Waals surface area contributed by atoms with Crippen molar-refractivity contribution in [1.29, 1.82) is 0 Å². The Labute approximate surface area is 138 Å². The highest BCUT2D eigenvalue weighted by atomic mass is 32.2. The summed E-state index contributed by atoms with van der Waals surface area (Å²) in [6.07, 6.45) is 0.411. The van der Waals surface area contributed by atoms with Crippen LogP contribution in [0.2, 0.25) is 0 Å². The zero-order valence-corrected chi connectivity index (χ0v) is 13.7. The predicted molar refractivity (Wildman–Crippen MR) is 85.9 cm³/mol. The van der Waals surface area contributed by atoms with Gasteiger partial charge in [-0.1, -0.05) is 12.1 Å². The van der Waals surface area contributed by atoms with E-state index in [9.17, 15) is 17.2 Å². The van der Waals surface area contributed by atoms with E-state index in [0.29, 0.717) is 12.1 Å². The van der Waals surface area contributed by atoms with Gasteiger partial charge in [-0.3, -0.25) is 4.72 Å². The number of aryl methyl sites for hydroxylation is 1. The minimum Gasteiger partial charge on any atom is -0.435 e. The molecular weight excluding hydrogens is 340 g/mol. The summed E-state index contributed by atoms with van der Waals surface area (Å²) in [4.78, 5) is -0.0309. The number of aliphatic hydroxyl groups excluding tert-OH is 1. The number of alkyl halides is 2. The van der Waals surface area contributed by atoms with Crippen LogP contribution in [0.1, 0.15) is 11.1 Å². The topological polar surface area (TPSA) is 75.6 Å². The van der Waals surface area contributed by atoms with E-state index in [4.69, 9.17) is 5.11 Å². The molecule has 0 heterocycles. The van der Waals surface area contributed by atoms with E-state index in [1.165, 1.54) is 25.1 Å². The maximum Gasteiger partial charge on any atom is 0.387 e. The number of aliphatic hydroxyl groups is 1. The quantitative estimate of drug-likeness (QED) is 0.799. The third-order valence-electron chi connectivity index (χ3n) is 3.24. The average molecular weight is 357 g/mol. The van der Waals surface area contributed by atoms with Crippen LogP contribution in [0.5, 0.6) is 5.75 Å². The van der Waals surface area contributed by atoms with Crippen molar-refractivity contribution in [2.24, 2.45) is 0 Å². The van der Waals surface area contributed by atoms with Crippen LogP contribution >= 0.6 is 0 Å². The second-order valence-corrected chi connectivity index (χ2v) is 6.74. The lowest BCUT2D eigenvalue weighted by Gasteiger charge is -2.12. The molecule has 2 N–H and O–H groups in total. The van der Waals surface area contributed by atoms with Crippen LogP contribution in [0.25, 0.3) is 0 Å². The lowest BCUT2D eigenvalue weighted by atomic mass is 10.1. The normalized spacial score (nSPS) is 11.5. The van der Waals surface area contributed by atoms with Gasteiger partial charge >= 0.3 is 6.61 Å². The van der Waals surface area contributed by atoms with Crippen LogP contribution in [-0.4, -0.2) is 26.7 Å². The van der Waals surface area contributed by atoms with Crippen LogP contribution < -0.4 is 9.46 Å². The first-order chi connectivity index (χ1) is 11.3. The van der Waals surface area contributed by atoms with Crippen LogP contribution in [0, 0.1) is 6.92 Å². The van der Waals surface area contributed by atoms with Gasteiger partial charge in [-0.05, 0) is 54.8 Å². The fourth-order valence-electron chi connectivity index (χ4n) is 2.23. The minimum atomic E-state index is -3.88. The lowest BCUT2D eigenvalue weighted by molar-refractivity contribution is -0.0499. The SMILES string of the molecule is Cc1cc(OC(F)F)ccc1S(=O)(=O)Nc1cccc(CCO)c1. The number of ether oxygens (including phenoxy) is 1. The molecule has 0 atom stereocenters. The molecule has 0 radical (unpaired) electrons.